The van der Waals surface area contributed by atoms with Crippen LogP contribution in [0.15, 0.2) is 18.2 Å². The molecule has 0 aliphatic carbocycles. The molecule has 1 heterocycles. The summed E-state index contributed by atoms with van der Waals surface area (Å²) in [5.41, 5.74) is 4.64. The molecule has 1 N–H and O–H groups in total. The van der Waals surface area contributed by atoms with Crippen molar-refractivity contribution >= 4 is 0 Å². The SMILES string of the molecule is CCCN(CC)Cc1cccc2c1CCNC2. The highest BCUT2D eigenvalue weighted by molar-refractivity contribution is 5.37. The lowest BCUT2D eigenvalue weighted by Gasteiger charge is -2.25. The zero-order valence-corrected chi connectivity index (χ0v) is 11.1. The van der Waals surface area contributed by atoms with Crippen molar-refractivity contribution in [3.8, 4) is 0 Å². The Balaban J connectivity index is 2.14. The first-order valence-corrected chi connectivity index (χ1v) is 6.87. The molecule has 2 heteroatoms. The summed E-state index contributed by atoms with van der Waals surface area (Å²) in [4.78, 5) is 2.54. The monoisotopic (exact) mass is 232 g/mol. The minimum absolute atomic E-state index is 1.04. The van der Waals surface area contributed by atoms with Crippen LogP contribution in [0.4, 0.5) is 0 Å². The first kappa shape index (κ1) is 12.6. The maximum atomic E-state index is 3.45. The number of nitrogens with zero attached hydrogens (tertiary/aromatic N) is 1. The van der Waals surface area contributed by atoms with E-state index in [9.17, 15) is 0 Å². The average molecular weight is 232 g/mol. The molecular weight excluding hydrogens is 208 g/mol. The summed E-state index contributed by atoms with van der Waals surface area (Å²) < 4.78 is 0. The molecule has 1 aliphatic heterocycles. The Labute approximate surface area is 105 Å². The second kappa shape index (κ2) is 6.18. The Hall–Kier alpha value is -0.860. The lowest BCUT2D eigenvalue weighted by atomic mass is 9.95. The summed E-state index contributed by atoms with van der Waals surface area (Å²) in [7, 11) is 0. The molecule has 0 fully saturated rings. The molecule has 0 aromatic heterocycles. The van der Waals surface area contributed by atoms with E-state index in [1.165, 1.54) is 24.9 Å². The molecule has 2 rings (SSSR count). The maximum absolute atomic E-state index is 3.45. The van der Waals surface area contributed by atoms with Crippen molar-refractivity contribution in [2.24, 2.45) is 0 Å². The van der Waals surface area contributed by atoms with Gasteiger partial charge in [0.05, 0.1) is 0 Å². The lowest BCUT2D eigenvalue weighted by Crippen LogP contribution is -2.28. The zero-order valence-electron chi connectivity index (χ0n) is 11.1. The predicted molar refractivity (Wildman–Crippen MR) is 73.1 cm³/mol. The zero-order chi connectivity index (χ0) is 12.1. The number of fused-ring (bicyclic) bond motifs is 1. The van der Waals surface area contributed by atoms with E-state index < -0.39 is 0 Å². The second-order valence-electron chi connectivity index (χ2n) is 4.85. The normalized spacial score (nSPS) is 15.0. The quantitative estimate of drug-likeness (QED) is 0.839. The molecule has 0 saturated heterocycles. The van der Waals surface area contributed by atoms with Crippen LogP contribution < -0.4 is 5.32 Å². The molecule has 94 valence electrons. The van der Waals surface area contributed by atoms with Gasteiger partial charge in [0, 0.05) is 13.1 Å². The number of hydrogen-bond donors (Lipinski definition) is 1. The number of benzene rings is 1. The average Bonchev–Trinajstić information content (AvgIpc) is 2.38. The van der Waals surface area contributed by atoms with E-state index in [-0.39, 0.29) is 0 Å². The standard InChI is InChI=1S/C15H24N2/c1-3-10-17(4-2)12-14-7-5-6-13-11-16-9-8-15(13)14/h5-7,16H,3-4,8-12H2,1-2H3. The summed E-state index contributed by atoms with van der Waals surface area (Å²) in [5, 5.41) is 3.45. The summed E-state index contributed by atoms with van der Waals surface area (Å²) in [6.07, 6.45) is 2.43. The third kappa shape index (κ3) is 3.08. The van der Waals surface area contributed by atoms with Crippen LogP contribution in [-0.2, 0) is 19.5 Å². The molecule has 0 radical (unpaired) electrons. The maximum Gasteiger partial charge on any atom is 0.0236 e. The number of nitrogens with one attached hydrogen (secondary N) is 1. The van der Waals surface area contributed by atoms with Crippen molar-refractivity contribution in [3.63, 3.8) is 0 Å². The van der Waals surface area contributed by atoms with Crippen molar-refractivity contribution in [2.45, 2.75) is 39.8 Å². The van der Waals surface area contributed by atoms with Crippen LogP contribution in [0.2, 0.25) is 0 Å². The van der Waals surface area contributed by atoms with E-state index >= 15 is 0 Å². The molecule has 0 unspecified atom stereocenters. The number of rotatable bonds is 5. The molecule has 0 saturated carbocycles. The molecule has 17 heavy (non-hydrogen) atoms. The largest absolute Gasteiger partial charge is 0.312 e. The Bertz CT molecular complexity index is 360. The van der Waals surface area contributed by atoms with Gasteiger partial charge in [-0.3, -0.25) is 4.90 Å². The third-order valence-corrected chi connectivity index (χ3v) is 3.62. The first-order valence-electron chi connectivity index (χ1n) is 6.87. The number of hydrogen-bond acceptors (Lipinski definition) is 2. The third-order valence-electron chi connectivity index (χ3n) is 3.62. The van der Waals surface area contributed by atoms with Gasteiger partial charge >= 0.3 is 0 Å². The summed E-state index contributed by atoms with van der Waals surface area (Å²) in [6, 6.07) is 6.78. The minimum atomic E-state index is 1.04. The van der Waals surface area contributed by atoms with Crippen LogP contribution in [0.3, 0.4) is 0 Å². The van der Waals surface area contributed by atoms with Gasteiger partial charge in [-0.1, -0.05) is 32.0 Å². The minimum Gasteiger partial charge on any atom is -0.312 e. The summed E-state index contributed by atoms with van der Waals surface area (Å²) in [6.45, 7) is 10.2. The molecule has 1 aromatic rings. The van der Waals surface area contributed by atoms with Gasteiger partial charge in [0.25, 0.3) is 0 Å². The van der Waals surface area contributed by atoms with Crippen molar-refractivity contribution in [2.75, 3.05) is 19.6 Å². The van der Waals surface area contributed by atoms with Gasteiger partial charge in [-0.15, -0.1) is 0 Å². The van der Waals surface area contributed by atoms with Crippen molar-refractivity contribution in [1.29, 1.82) is 0 Å². The van der Waals surface area contributed by atoms with Crippen molar-refractivity contribution in [1.82, 2.24) is 10.2 Å². The molecule has 0 bridgehead atoms. The second-order valence-corrected chi connectivity index (χ2v) is 4.85. The summed E-state index contributed by atoms with van der Waals surface area (Å²) >= 11 is 0. The Morgan fingerprint density at radius 3 is 2.94 bits per heavy atom. The Kier molecular flexibility index (Phi) is 4.57. The van der Waals surface area contributed by atoms with E-state index in [0.29, 0.717) is 0 Å². The lowest BCUT2D eigenvalue weighted by molar-refractivity contribution is 0.279. The van der Waals surface area contributed by atoms with E-state index in [0.717, 1.165) is 26.2 Å². The molecule has 1 aliphatic rings. The smallest absolute Gasteiger partial charge is 0.0236 e. The van der Waals surface area contributed by atoms with Gasteiger partial charge in [-0.25, -0.2) is 0 Å². The van der Waals surface area contributed by atoms with Gasteiger partial charge < -0.3 is 5.32 Å². The van der Waals surface area contributed by atoms with Gasteiger partial charge in [0.1, 0.15) is 0 Å². The van der Waals surface area contributed by atoms with Crippen LogP contribution in [0.25, 0.3) is 0 Å². The topological polar surface area (TPSA) is 15.3 Å². The first-order chi connectivity index (χ1) is 8.35. The van der Waals surface area contributed by atoms with Crippen LogP contribution in [-0.4, -0.2) is 24.5 Å². The highest BCUT2D eigenvalue weighted by Gasteiger charge is 2.13. The van der Waals surface area contributed by atoms with Crippen LogP contribution in [0.1, 0.15) is 37.0 Å². The highest BCUT2D eigenvalue weighted by Crippen LogP contribution is 2.20. The molecule has 0 amide bonds. The van der Waals surface area contributed by atoms with E-state index in [2.05, 4.69) is 42.3 Å². The van der Waals surface area contributed by atoms with Crippen LogP contribution >= 0.6 is 0 Å². The van der Waals surface area contributed by atoms with E-state index in [1.54, 1.807) is 11.1 Å². The fourth-order valence-electron chi connectivity index (χ4n) is 2.67. The fraction of sp³-hybridized carbons (Fsp3) is 0.600. The van der Waals surface area contributed by atoms with Gasteiger partial charge in [0.15, 0.2) is 0 Å². The van der Waals surface area contributed by atoms with Gasteiger partial charge in [0.2, 0.25) is 0 Å². The van der Waals surface area contributed by atoms with Crippen LogP contribution in [0.5, 0.6) is 0 Å². The highest BCUT2D eigenvalue weighted by atomic mass is 15.1. The molecule has 0 atom stereocenters. The van der Waals surface area contributed by atoms with Crippen molar-refractivity contribution < 1.29 is 0 Å². The Morgan fingerprint density at radius 1 is 1.29 bits per heavy atom. The van der Waals surface area contributed by atoms with Crippen molar-refractivity contribution in [3.05, 3.63) is 34.9 Å². The van der Waals surface area contributed by atoms with Gasteiger partial charge in [-0.2, -0.15) is 0 Å². The van der Waals surface area contributed by atoms with E-state index in [4.69, 9.17) is 0 Å². The molecule has 2 nitrogen and oxygen atoms in total. The molecule has 0 spiro atoms. The van der Waals surface area contributed by atoms with Crippen LogP contribution in [0, 0.1) is 0 Å². The molecular formula is C15H24N2. The Morgan fingerprint density at radius 2 is 2.18 bits per heavy atom. The van der Waals surface area contributed by atoms with E-state index in [1.807, 2.05) is 0 Å². The summed E-state index contributed by atoms with van der Waals surface area (Å²) in [5.74, 6) is 0. The fourth-order valence-corrected chi connectivity index (χ4v) is 2.67. The molecule has 1 aromatic carbocycles. The van der Waals surface area contributed by atoms with Gasteiger partial charge in [-0.05, 0) is 49.2 Å². The predicted octanol–water partition coefficient (Wildman–Crippen LogP) is 2.56.